The minimum absolute atomic E-state index is 0.0192. The van der Waals surface area contributed by atoms with Gasteiger partial charge in [0.05, 0.1) is 17.7 Å². The molecule has 0 spiro atoms. The maximum Gasteiger partial charge on any atom is 0.236 e. The van der Waals surface area contributed by atoms with Crippen LogP contribution in [0.15, 0.2) is 53.7 Å². The van der Waals surface area contributed by atoms with Gasteiger partial charge in [-0.05, 0) is 48.7 Å². The number of aromatic nitrogens is 1. The summed E-state index contributed by atoms with van der Waals surface area (Å²) in [5.74, 6) is 0.888. The molecule has 176 valence electrons. The van der Waals surface area contributed by atoms with Crippen molar-refractivity contribution < 1.29 is 4.79 Å². The Morgan fingerprint density at radius 2 is 2.03 bits per heavy atom. The number of carbonyl (C=O) groups is 1. The Morgan fingerprint density at radius 1 is 1.27 bits per heavy atom. The number of aliphatic imine (C=N–C) groups is 1. The average molecular weight is 469 g/mol. The summed E-state index contributed by atoms with van der Waals surface area (Å²) in [7, 11) is 1.77. The van der Waals surface area contributed by atoms with E-state index in [0.29, 0.717) is 11.6 Å². The first-order chi connectivity index (χ1) is 15.9. The van der Waals surface area contributed by atoms with E-state index in [0.717, 1.165) is 48.7 Å². The third kappa shape index (κ3) is 6.87. The number of pyridine rings is 1. The van der Waals surface area contributed by atoms with Gasteiger partial charge in [0.15, 0.2) is 0 Å². The van der Waals surface area contributed by atoms with Crippen molar-refractivity contribution in [1.29, 1.82) is 0 Å². The van der Waals surface area contributed by atoms with Crippen LogP contribution in [0.25, 0.3) is 5.57 Å². The molecule has 1 saturated heterocycles. The van der Waals surface area contributed by atoms with Crippen molar-refractivity contribution in [3.63, 3.8) is 0 Å². The van der Waals surface area contributed by atoms with E-state index in [-0.39, 0.29) is 18.6 Å². The topological polar surface area (TPSA) is 78.1 Å². The first kappa shape index (κ1) is 24.9. The summed E-state index contributed by atoms with van der Waals surface area (Å²) in [6.45, 7) is 8.34. The van der Waals surface area contributed by atoms with E-state index in [1.54, 1.807) is 18.1 Å². The lowest BCUT2D eigenvalue weighted by atomic mass is 10.0. The number of allylic oxidation sites excluding steroid dienone is 2. The van der Waals surface area contributed by atoms with E-state index in [4.69, 9.17) is 22.3 Å². The van der Waals surface area contributed by atoms with Gasteiger partial charge in [-0.3, -0.25) is 14.7 Å². The number of nitrogens with zero attached hydrogens (tertiary/aromatic N) is 5. The number of likely N-dealkylation sites (N-methyl/N-ethyl adjacent to an activating group) is 1. The number of benzene rings is 1. The second-order valence-electron chi connectivity index (χ2n) is 8.17. The van der Waals surface area contributed by atoms with Gasteiger partial charge < -0.3 is 15.5 Å². The average Bonchev–Trinajstić information content (AvgIpc) is 2.84. The van der Waals surface area contributed by atoms with Crippen molar-refractivity contribution in [3.05, 3.63) is 64.8 Å². The Balaban J connectivity index is 1.58. The minimum atomic E-state index is -0.0750. The number of hydrogen-bond acceptors (Lipinski definition) is 6. The summed E-state index contributed by atoms with van der Waals surface area (Å²) in [6.07, 6.45) is 5.79. The largest absolute Gasteiger partial charge is 0.354 e. The van der Waals surface area contributed by atoms with Crippen molar-refractivity contribution in [2.45, 2.75) is 26.6 Å². The zero-order valence-electron chi connectivity index (χ0n) is 19.6. The van der Waals surface area contributed by atoms with Crippen LogP contribution in [0.4, 0.5) is 5.82 Å². The third-order valence-electron chi connectivity index (χ3n) is 5.90. The number of piperazine rings is 1. The first-order valence-electron chi connectivity index (χ1n) is 11.2. The number of rotatable bonds is 8. The van der Waals surface area contributed by atoms with Crippen molar-refractivity contribution in [2.24, 2.45) is 10.7 Å². The third-order valence-corrected chi connectivity index (χ3v) is 6.12. The van der Waals surface area contributed by atoms with Crippen LogP contribution in [-0.2, 0) is 11.3 Å². The van der Waals surface area contributed by atoms with Crippen LogP contribution < -0.4 is 10.6 Å². The summed E-state index contributed by atoms with van der Waals surface area (Å²) in [4.78, 5) is 27.3. The highest BCUT2D eigenvalue weighted by atomic mass is 35.5. The van der Waals surface area contributed by atoms with Crippen molar-refractivity contribution in [3.8, 4) is 0 Å². The van der Waals surface area contributed by atoms with Crippen LogP contribution in [-0.4, -0.2) is 72.8 Å². The van der Waals surface area contributed by atoms with Gasteiger partial charge in [-0.2, -0.15) is 0 Å². The van der Waals surface area contributed by atoms with Gasteiger partial charge in [-0.15, -0.1) is 0 Å². The smallest absolute Gasteiger partial charge is 0.236 e. The van der Waals surface area contributed by atoms with Crippen LogP contribution in [0.3, 0.4) is 0 Å². The lowest BCUT2D eigenvalue weighted by molar-refractivity contribution is -0.128. The Bertz CT molecular complexity index is 983. The molecule has 2 heterocycles. The molecule has 1 atom stereocenters. The van der Waals surface area contributed by atoms with E-state index in [9.17, 15) is 4.79 Å². The zero-order valence-corrected chi connectivity index (χ0v) is 20.4. The number of nitrogens with two attached hydrogens (primary N) is 1. The fourth-order valence-electron chi connectivity index (χ4n) is 3.85. The number of carbonyl (C=O) groups excluding carboxylic acids is 1. The van der Waals surface area contributed by atoms with E-state index >= 15 is 0 Å². The fraction of sp³-hybridized carbons (Fsp3) is 0.400. The molecule has 0 bridgehead atoms. The summed E-state index contributed by atoms with van der Waals surface area (Å²) >= 11 is 5.95. The quantitative estimate of drug-likeness (QED) is 0.601. The molecule has 1 aromatic carbocycles. The molecule has 0 saturated carbocycles. The highest BCUT2D eigenvalue weighted by Gasteiger charge is 2.21. The number of amides is 1. The SMILES string of the molecule is C/C=C(\C=N/C(C)N1CCN(c2ccc(Cl)cn2)CC1)c1cccc(CN(C)C(=O)CN)c1. The number of hydrogen-bond donors (Lipinski definition) is 1. The first-order valence-corrected chi connectivity index (χ1v) is 11.6. The van der Waals surface area contributed by atoms with Crippen molar-refractivity contribution in [1.82, 2.24) is 14.8 Å². The normalized spacial score (nSPS) is 16.3. The molecule has 1 amide bonds. The van der Waals surface area contributed by atoms with Crippen LogP contribution >= 0.6 is 11.6 Å². The minimum Gasteiger partial charge on any atom is -0.354 e. The molecule has 0 aliphatic carbocycles. The van der Waals surface area contributed by atoms with E-state index < -0.39 is 0 Å². The van der Waals surface area contributed by atoms with Crippen LogP contribution in [0.1, 0.15) is 25.0 Å². The van der Waals surface area contributed by atoms with E-state index in [1.807, 2.05) is 37.4 Å². The lowest BCUT2D eigenvalue weighted by Gasteiger charge is -2.37. The Kier molecular flexibility index (Phi) is 9.00. The summed E-state index contributed by atoms with van der Waals surface area (Å²) in [5.41, 5.74) is 8.66. The molecular formula is C25H33ClN6O. The van der Waals surface area contributed by atoms with Gasteiger partial charge in [0.2, 0.25) is 5.91 Å². The molecule has 1 aliphatic heterocycles. The van der Waals surface area contributed by atoms with Crippen LogP contribution in [0, 0.1) is 0 Å². The highest BCUT2D eigenvalue weighted by molar-refractivity contribution is 6.30. The van der Waals surface area contributed by atoms with Gasteiger partial charge in [0, 0.05) is 52.2 Å². The van der Waals surface area contributed by atoms with Crippen molar-refractivity contribution >= 4 is 35.1 Å². The summed E-state index contributed by atoms with van der Waals surface area (Å²) in [5, 5.41) is 0.654. The molecule has 2 N–H and O–H groups in total. The molecule has 1 unspecified atom stereocenters. The monoisotopic (exact) mass is 468 g/mol. The second kappa shape index (κ2) is 11.9. The molecule has 1 aliphatic rings. The molecule has 2 aromatic rings. The van der Waals surface area contributed by atoms with Gasteiger partial charge in [-0.25, -0.2) is 4.98 Å². The molecule has 33 heavy (non-hydrogen) atoms. The fourth-order valence-corrected chi connectivity index (χ4v) is 3.96. The Morgan fingerprint density at radius 3 is 2.67 bits per heavy atom. The highest BCUT2D eigenvalue weighted by Crippen LogP contribution is 2.19. The van der Waals surface area contributed by atoms with Crippen molar-refractivity contribution in [2.75, 3.05) is 44.7 Å². The predicted molar refractivity (Wildman–Crippen MR) is 137 cm³/mol. The summed E-state index contributed by atoms with van der Waals surface area (Å²) in [6, 6.07) is 12.0. The molecule has 8 heteroatoms. The zero-order chi connectivity index (χ0) is 23.8. The summed E-state index contributed by atoms with van der Waals surface area (Å²) < 4.78 is 0. The lowest BCUT2D eigenvalue weighted by Crippen LogP contribution is -2.49. The van der Waals surface area contributed by atoms with Gasteiger partial charge in [0.1, 0.15) is 5.82 Å². The Hall–Kier alpha value is -2.74. The maximum atomic E-state index is 11.8. The van der Waals surface area contributed by atoms with Crippen LogP contribution in [0.5, 0.6) is 0 Å². The molecule has 0 radical (unpaired) electrons. The predicted octanol–water partition coefficient (Wildman–Crippen LogP) is 3.29. The molecule has 3 rings (SSSR count). The second-order valence-corrected chi connectivity index (χ2v) is 8.60. The molecular weight excluding hydrogens is 436 g/mol. The van der Waals surface area contributed by atoms with Gasteiger partial charge >= 0.3 is 0 Å². The van der Waals surface area contributed by atoms with E-state index in [2.05, 4.69) is 39.9 Å². The molecule has 1 aromatic heterocycles. The van der Waals surface area contributed by atoms with E-state index in [1.165, 1.54) is 0 Å². The number of halogens is 1. The van der Waals surface area contributed by atoms with Gasteiger partial charge in [-0.1, -0.05) is 35.9 Å². The molecule has 7 nitrogen and oxygen atoms in total. The van der Waals surface area contributed by atoms with Crippen LogP contribution in [0.2, 0.25) is 5.02 Å². The Labute approximate surface area is 201 Å². The standard InChI is InChI=1S/C25H33ClN6O/c1-4-21(22-7-5-6-20(14-22)18-30(3)25(33)15-27)16-28-19(2)31-10-12-32(13-11-31)24-9-8-23(26)17-29-24/h4-9,14,16-17,19H,10-13,15,18,27H2,1-3H3/b21-4+,28-16-. The van der Waals surface area contributed by atoms with Gasteiger partial charge in [0.25, 0.3) is 0 Å². The molecule has 1 fully saturated rings. The number of anilines is 1. The maximum absolute atomic E-state index is 11.8.